The molecule has 3 aromatic rings. The summed E-state index contributed by atoms with van der Waals surface area (Å²) < 4.78 is 13.7. The molecule has 0 spiro atoms. The third kappa shape index (κ3) is 5.45. The zero-order chi connectivity index (χ0) is 23.2. The first kappa shape index (κ1) is 22.6. The summed E-state index contributed by atoms with van der Waals surface area (Å²) in [5.41, 5.74) is 3.48. The first-order valence-corrected chi connectivity index (χ1v) is 11.4. The molecule has 33 heavy (non-hydrogen) atoms. The highest BCUT2D eigenvalue weighted by Crippen LogP contribution is 2.24. The van der Waals surface area contributed by atoms with E-state index >= 15 is 0 Å². The molecule has 2 heterocycles. The van der Waals surface area contributed by atoms with E-state index in [0.29, 0.717) is 38.2 Å². The minimum absolute atomic E-state index is 0.0701. The van der Waals surface area contributed by atoms with Gasteiger partial charge in [0.15, 0.2) is 0 Å². The Hall–Kier alpha value is -3.54. The molecule has 1 aliphatic rings. The summed E-state index contributed by atoms with van der Waals surface area (Å²) in [6, 6.07) is 17.8. The Balaban J connectivity index is 1.59. The molecule has 0 unspecified atom stereocenters. The molecular weight excluding hydrogens is 417 g/mol. The molecule has 6 heteroatoms. The van der Waals surface area contributed by atoms with Gasteiger partial charge in [-0.05, 0) is 59.9 Å². The lowest BCUT2D eigenvalue weighted by Gasteiger charge is -2.24. The highest BCUT2D eigenvalue weighted by atomic mass is 19.1. The maximum absolute atomic E-state index is 13.7. The van der Waals surface area contributed by atoms with Crippen LogP contribution in [0.5, 0.6) is 0 Å². The first-order chi connectivity index (χ1) is 16.0. The standard InChI is InChI=1S/C27H28FN3O2/c1-2-13-30-14-15-31(26(32)23-7-4-8-25(28)18-23)19-24(27(30)33)17-20-5-3-6-22(16-20)21-9-11-29-12-10-21/h3-12,16,18,24H,2,13-15,17,19H2,1H3/t24-/m0/s1. The lowest BCUT2D eigenvalue weighted by molar-refractivity contribution is -0.134. The van der Waals surface area contributed by atoms with Gasteiger partial charge < -0.3 is 9.80 Å². The minimum Gasteiger partial charge on any atom is -0.341 e. The van der Waals surface area contributed by atoms with Crippen molar-refractivity contribution in [3.05, 3.63) is 90.0 Å². The number of carbonyl (C=O) groups excluding carboxylic acids is 2. The fourth-order valence-corrected chi connectivity index (χ4v) is 4.38. The van der Waals surface area contributed by atoms with Crippen LogP contribution in [0.1, 0.15) is 29.3 Å². The Morgan fingerprint density at radius 3 is 2.58 bits per heavy atom. The summed E-state index contributed by atoms with van der Waals surface area (Å²) >= 11 is 0. The number of hydrogen-bond acceptors (Lipinski definition) is 3. The number of amides is 2. The van der Waals surface area contributed by atoms with E-state index in [1.807, 2.05) is 42.2 Å². The molecule has 1 aliphatic heterocycles. The van der Waals surface area contributed by atoms with Crippen LogP contribution in [0.4, 0.5) is 4.39 Å². The van der Waals surface area contributed by atoms with Gasteiger partial charge in [-0.1, -0.05) is 37.3 Å². The fraction of sp³-hybridized carbons (Fsp3) is 0.296. The molecule has 2 amide bonds. The molecule has 1 saturated heterocycles. The largest absolute Gasteiger partial charge is 0.341 e. The van der Waals surface area contributed by atoms with Crippen molar-refractivity contribution in [2.75, 3.05) is 26.2 Å². The van der Waals surface area contributed by atoms with Crippen molar-refractivity contribution < 1.29 is 14.0 Å². The van der Waals surface area contributed by atoms with E-state index < -0.39 is 5.82 Å². The van der Waals surface area contributed by atoms with E-state index in [4.69, 9.17) is 0 Å². The average Bonchev–Trinajstić information content (AvgIpc) is 2.99. The van der Waals surface area contributed by atoms with Gasteiger partial charge in [-0.25, -0.2) is 4.39 Å². The number of rotatable bonds is 6. The molecule has 1 fully saturated rings. The van der Waals surface area contributed by atoms with E-state index in [0.717, 1.165) is 23.1 Å². The van der Waals surface area contributed by atoms with Crippen LogP contribution in [0, 0.1) is 11.7 Å². The Bertz CT molecular complexity index is 1120. The normalized spacial score (nSPS) is 16.5. The number of nitrogens with zero attached hydrogens (tertiary/aromatic N) is 3. The number of hydrogen-bond donors (Lipinski definition) is 0. The number of halogens is 1. The van der Waals surface area contributed by atoms with Crippen molar-refractivity contribution in [3.8, 4) is 11.1 Å². The van der Waals surface area contributed by atoms with Crippen molar-refractivity contribution in [3.63, 3.8) is 0 Å². The maximum Gasteiger partial charge on any atom is 0.254 e. The van der Waals surface area contributed by atoms with E-state index in [1.165, 1.54) is 18.2 Å². The molecule has 0 N–H and O–H groups in total. The molecule has 0 saturated carbocycles. The number of aromatic nitrogens is 1. The predicted octanol–water partition coefficient (Wildman–Crippen LogP) is 4.44. The van der Waals surface area contributed by atoms with Crippen molar-refractivity contribution in [1.29, 1.82) is 0 Å². The monoisotopic (exact) mass is 445 g/mol. The Labute approximate surface area is 193 Å². The smallest absolute Gasteiger partial charge is 0.254 e. The highest BCUT2D eigenvalue weighted by Gasteiger charge is 2.32. The Morgan fingerprint density at radius 2 is 1.82 bits per heavy atom. The summed E-state index contributed by atoms with van der Waals surface area (Å²) in [5.74, 6) is -0.968. The second-order valence-electron chi connectivity index (χ2n) is 8.42. The summed E-state index contributed by atoms with van der Waals surface area (Å²) in [7, 11) is 0. The van der Waals surface area contributed by atoms with Gasteiger partial charge >= 0.3 is 0 Å². The molecule has 170 valence electrons. The zero-order valence-electron chi connectivity index (χ0n) is 18.8. The van der Waals surface area contributed by atoms with E-state index in [2.05, 4.69) is 11.1 Å². The summed E-state index contributed by atoms with van der Waals surface area (Å²) in [5, 5.41) is 0. The topological polar surface area (TPSA) is 53.5 Å². The van der Waals surface area contributed by atoms with E-state index in [1.54, 1.807) is 23.4 Å². The Kier molecular flexibility index (Phi) is 7.13. The summed E-state index contributed by atoms with van der Waals surface area (Å²) in [6.45, 7) is 3.94. The molecule has 5 nitrogen and oxygen atoms in total. The van der Waals surface area contributed by atoms with Gasteiger partial charge in [0.1, 0.15) is 5.82 Å². The van der Waals surface area contributed by atoms with E-state index in [9.17, 15) is 14.0 Å². The van der Waals surface area contributed by atoms with Crippen LogP contribution in [0.15, 0.2) is 73.1 Å². The first-order valence-electron chi connectivity index (χ1n) is 11.4. The molecule has 0 bridgehead atoms. The van der Waals surface area contributed by atoms with E-state index in [-0.39, 0.29) is 17.7 Å². The van der Waals surface area contributed by atoms with Gasteiger partial charge in [0.2, 0.25) is 5.91 Å². The van der Waals surface area contributed by atoms with Crippen molar-refractivity contribution >= 4 is 11.8 Å². The SMILES string of the molecule is CCCN1CCN(C(=O)c2cccc(F)c2)C[C@H](Cc2cccc(-c3ccncc3)c2)C1=O. The van der Waals surface area contributed by atoms with Crippen LogP contribution in [-0.2, 0) is 11.2 Å². The van der Waals surface area contributed by atoms with Crippen molar-refractivity contribution in [2.24, 2.45) is 5.92 Å². The minimum atomic E-state index is -0.441. The van der Waals surface area contributed by atoms with Crippen molar-refractivity contribution in [2.45, 2.75) is 19.8 Å². The van der Waals surface area contributed by atoms with Crippen LogP contribution < -0.4 is 0 Å². The number of benzene rings is 2. The summed E-state index contributed by atoms with van der Waals surface area (Å²) in [6.07, 6.45) is 4.91. The fourth-order valence-electron chi connectivity index (χ4n) is 4.38. The second kappa shape index (κ2) is 10.4. The van der Waals surface area contributed by atoms with Gasteiger partial charge in [0.05, 0.1) is 5.92 Å². The maximum atomic E-state index is 13.7. The third-order valence-electron chi connectivity index (χ3n) is 6.02. The van der Waals surface area contributed by atoms with Gasteiger partial charge in [0, 0.05) is 44.1 Å². The lowest BCUT2D eigenvalue weighted by Crippen LogP contribution is -2.38. The molecule has 1 atom stereocenters. The molecular formula is C27H28FN3O2. The average molecular weight is 446 g/mol. The van der Waals surface area contributed by atoms with Crippen LogP contribution >= 0.6 is 0 Å². The third-order valence-corrected chi connectivity index (χ3v) is 6.02. The molecule has 2 aromatic carbocycles. The van der Waals surface area contributed by atoms with Crippen molar-refractivity contribution in [1.82, 2.24) is 14.8 Å². The lowest BCUT2D eigenvalue weighted by atomic mass is 9.95. The quantitative estimate of drug-likeness (QED) is 0.564. The van der Waals surface area contributed by atoms with Crippen LogP contribution in [0.3, 0.4) is 0 Å². The van der Waals surface area contributed by atoms with Crippen LogP contribution in [-0.4, -0.2) is 52.8 Å². The Morgan fingerprint density at radius 1 is 1.03 bits per heavy atom. The predicted molar refractivity (Wildman–Crippen MR) is 126 cm³/mol. The molecule has 0 radical (unpaired) electrons. The number of carbonyl (C=O) groups is 2. The van der Waals surface area contributed by atoms with Gasteiger partial charge in [-0.15, -0.1) is 0 Å². The highest BCUT2D eigenvalue weighted by molar-refractivity contribution is 5.95. The number of pyridine rings is 1. The van der Waals surface area contributed by atoms with Crippen LogP contribution in [0.2, 0.25) is 0 Å². The van der Waals surface area contributed by atoms with Gasteiger partial charge in [-0.2, -0.15) is 0 Å². The summed E-state index contributed by atoms with van der Waals surface area (Å²) in [4.78, 5) is 34.1. The zero-order valence-corrected chi connectivity index (χ0v) is 18.8. The van der Waals surface area contributed by atoms with Gasteiger partial charge in [-0.3, -0.25) is 14.6 Å². The molecule has 0 aliphatic carbocycles. The molecule has 4 rings (SSSR count). The molecule has 1 aromatic heterocycles. The van der Waals surface area contributed by atoms with Gasteiger partial charge in [0.25, 0.3) is 5.91 Å². The second-order valence-corrected chi connectivity index (χ2v) is 8.42. The van der Waals surface area contributed by atoms with Crippen LogP contribution in [0.25, 0.3) is 11.1 Å².